The summed E-state index contributed by atoms with van der Waals surface area (Å²) in [6.45, 7) is 2.07. The first-order valence-electron chi connectivity index (χ1n) is 7.48. The van der Waals surface area contributed by atoms with Gasteiger partial charge in [0.15, 0.2) is 0 Å². The molecule has 1 aromatic heterocycles. The van der Waals surface area contributed by atoms with Gasteiger partial charge < -0.3 is 4.74 Å². The zero-order chi connectivity index (χ0) is 16.2. The van der Waals surface area contributed by atoms with Crippen LogP contribution < -0.4 is 0 Å². The van der Waals surface area contributed by atoms with E-state index < -0.39 is 5.97 Å². The van der Waals surface area contributed by atoms with Crippen molar-refractivity contribution >= 4 is 28.5 Å². The van der Waals surface area contributed by atoms with Gasteiger partial charge in [0.25, 0.3) is 0 Å². The number of rotatable bonds is 4. The summed E-state index contributed by atoms with van der Waals surface area (Å²) in [5, 5.41) is 1.16. The summed E-state index contributed by atoms with van der Waals surface area (Å²) in [7, 11) is 0. The molecule has 0 aliphatic rings. The average molecular weight is 326 g/mol. The molecule has 0 aliphatic carbocycles. The van der Waals surface area contributed by atoms with Gasteiger partial charge in [-0.1, -0.05) is 60.1 Å². The van der Waals surface area contributed by atoms with Crippen molar-refractivity contribution in [3.05, 3.63) is 76.4 Å². The zero-order valence-corrected chi connectivity index (χ0v) is 13.5. The maximum atomic E-state index is 11.9. The Morgan fingerprint density at radius 1 is 1.13 bits per heavy atom. The smallest absolute Gasteiger partial charge is 0.341 e. The molecule has 0 unspecified atom stereocenters. The van der Waals surface area contributed by atoms with Crippen LogP contribution in [-0.2, 0) is 11.2 Å². The molecule has 3 rings (SSSR count). The molecule has 23 heavy (non-hydrogen) atoms. The third-order valence-electron chi connectivity index (χ3n) is 3.65. The maximum Gasteiger partial charge on any atom is 0.341 e. The van der Waals surface area contributed by atoms with Crippen LogP contribution in [0.25, 0.3) is 10.9 Å². The molecule has 0 aliphatic heterocycles. The van der Waals surface area contributed by atoms with Crippen LogP contribution in [0.5, 0.6) is 0 Å². The number of nitrogens with zero attached hydrogens (tertiary/aromatic N) is 1. The van der Waals surface area contributed by atoms with Gasteiger partial charge in [0, 0.05) is 11.6 Å². The van der Waals surface area contributed by atoms with Crippen LogP contribution in [0.3, 0.4) is 0 Å². The normalized spacial score (nSPS) is 10.7. The lowest BCUT2D eigenvalue weighted by atomic mass is 10.0. The standard InChI is InChI=1S/C19H16ClNO2/c1-2-23-19(22)16-12-21-18-14(9-6-10-15(18)17(16)20)11-13-7-4-3-5-8-13/h3-10,12H,2,11H2,1H3. The van der Waals surface area contributed by atoms with E-state index in [0.717, 1.165) is 22.9 Å². The highest BCUT2D eigenvalue weighted by atomic mass is 35.5. The molecule has 0 fully saturated rings. The van der Waals surface area contributed by atoms with Gasteiger partial charge in [-0.25, -0.2) is 4.79 Å². The highest BCUT2D eigenvalue weighted by Gasteiger charge is 2.16. The van der Waals surface area contributed by atoms with Crippen molar-refractivity contribution in [3.8, 4) is 0 Å². The van der Waals surface area contributed by atoms with Crippen molar-refractivity contribution in [1.82, 2.24) is 4.98 Å². The van der Waals surface area contributed by atoms with E-state index in [1.165, 1.54) is 11.8 Å². The molecule has 0 amide bonds. The molecule has 0 radical (unpaired) electrons. The molecule has 3 nitrogen and oxygen atoms in total. The monoisotopic (exact) mass is 325 g/mol. The first kappa shape index (κ1) is 15.5. The van der Waals surface area contributed by atoms with Crippen LogP contribution in [-0.4, -0.2) is 17.6 Å². The summed E-state index contributed by atoms with van der Waals surface area (Å²) in [5.41, 5.74) is 3.39. The molecule has 0 saturated heterocycles. The summed E-state index contributed by atoms with van der Waals surface area (Å²) in [5.74, 6) is -0.444. The fourth-order valence-electron chi connectivity index (χ4n) is 2.56. The van der Waals surface area contributed by atoms with Crippen LogP contribution in [0, 0.1) is 0 Å². The molecular formula is C19H16ClNO2. The first-order valence-corrected chi connectivity index (χ1v) is 7.85. The van der Waals surface area contributed by atoms with Crippen molar-refractivity contribution in [1.29, 1.82) is 0 Å². The third-order valence-corrected chi connectivity index (χ3v) is 4.06. The Hall–Kier alpha value is -2.39. The van der Waals surface area contributed by atoms with E-state index in [9.17, 15) is 4.79 Å². The van der Waals surface area contributed by atoms with E-state index in [-0.39, 0.29) is 0 Å². The van der Waals surface area contributed by atoms with Crippen LogP contribution in [0.4, 0.5) is 0 Å². The number of pyridine rings is 1. The predicted molar refractivity (Wildman–Crippen MR) is 92.0 cm³/mol. The number of hydrogen-bond acceptors (Lipinski definition) is 3. The van der Waals surface area contributed by atoms with Crippen molar-refractivity contribution in [2.45, 2.75) is 13.3 Å². The molecular weight excluding hydrogens is 310 g/mol. The highest BCUT2D eigenvalue weighted by molar-refractivity contribution is 6.38. The lowest BCUT2D eigenvalue weighted by Gasteiger charge is -2.10. The number of carbonyl (C=O) groups is 1. The Kier molecular flexibility index (Phi) is 4.58. The maximum absolute atomic E-state index is 11.9. The molecule has 0 bridgehead atoms. The van der Waals surface area contributed by atoms with Crippen molar-refractivity contribution in [2.24, 2.45) is 0 Å². The summed E-state index contributed by atoms with van der Waals surface area (Å²) in [6, 6.07) is 16.0. The van der Waals surface area contributed by atoms with Crippen LogP contribution >= 0.6 is 11.6 Å². The Labute approximate surface area is 139 Å². The van der Waals surface area contributed by atoms with Crippen LogP contribution in [0.1, 0.15) is 28.4 Å². The van der Waals surface area contributed by atoms with Crippen molar-refractivity contribution < 1.29 is 9.53 Å². The predicted octanol–water partition coefficient (Wildman–Crippen LogP) is 4.66. The van der Waals surface area contributed by atoms with E-state index in [2.05, 4.69) is 17.1 Å². The number of hydrogen-bond donors (Lipinski definition) is 0. The minimum Gasteiger partial charge on any atom is -0.462 e. The number of benzene rings is 2. The van der Waals surface area contributed by atoms with Gasteiger partial charge >= 0.3 is 5.97 Å². The van der Waals surface area contributed by atoms with Gasteiger partial charge in [0.2, 0.25) is 0 Å². The molecule has 2 aromatic carbocycles. The minimum absolute atomic E-state index is 0.304. The summed E-state index contributed by atoms with van der Waals surface area (Å²) in [6.07, 6.45) is 2.26. The zero-order valence-electron chi connectivity index (χ0n) is 12.8. The first-order chi connectivity index (χ1) is 11.2. The number of carbonyl (C=O) groups excluding carboxylic acids is 1. The Bertz CT molecular complexity index is 847. The number of aromatic nitrogens is 1. The topological polar surface area (TPSA) is 39.2 Å². The quantitative estimate of drug-likeness (QED) is 0.655. The second kappa shape index (κ2) is 6.80. The third kappa shape index (κ3) is 3.20. The number of fused-ring (bicyclic) bond motifs is 1. The van der Waals surface area contributed by atoms with E-state index in [4.69, 9.17) is 16.3 Å². The van der Waals surface area contributed by atoms with Crippen molar-refractivity contribution in [2.75, 3.05) is 6.61 Å². The minimum atomic E-state index is -0.444. The highest BCUT2D eigenvalue weighted by Crippen LogP contribution is 2.29. The van der Waals surface area contributed by atoms with E-state index in [1.807, 2.05) is 36.4 Å². The summed E-state index contributed by atoms with van der Waals surface area (Å²) < 4.78 is 5.02. The molecule has 3 aromatic rings. The van der Waals surface area contributed by atoms with Gasteiger partial charge in [-0.3, -0.25) is 4.98 Å². The fraction of sp³-hybridized carbons (Fsp3) is 0.158. The molecule has 0 N–H and O–H groups in total. The number of esters is 1. The fourth-order valence-corrected chi connectivity index (χ4v) is 2.84. The second-order valence-corrected chi connectivity index (χ2v) is 5.56. The average Bonchev–Trinajstić information content (AvgIpc) is 2.57. The summed E-state index contributed by atoms with van der Waals surface area (Å²) >= 11 is 6.41. The second-order valence-electron chi connectivity index (χ2n) is 5.18. The number of halogens is 1. The molecule has 0 saturated carbocycles. The largest absolute Gasteiger partial charge is 0.462 e. The van der Waals surface area contributed by atoms with Crippen LogP contribution in [0.2, 0.25) is 5.02 Å². The molecule has 4 heteroatoms. The Balaban J connectivity index is 2.05. The number of para-hydroxylation sites is 1. The SMILES string of the molecule is CCOC(=O)c1cnc2c(Cc3ccccc3)cccc2c1Cl. The van der Waals surface area contributed by atoms with Crippen molar-refractivity contribution in [3.63, 3.8) is 0 Å². The summed E-state index contributed by atoms with van der Waals surface area (Å²) in [4.78, 5) is 16.4. The van der Waals surface area contributed by atoms with Gasteiger partial charge in [-0.2, -0.15) is 0 Å². The lowest BCUT2D eigenvalue weighted by molar-refractivity contribution is 0.0526. The molecule has 116 valence electrons. The molecule has 1 heterocycles. The van der Waals surface area contributed by atoms with Gasteiger partial charge in [0.1, 0.15) is 0 Å². The van der Waals surface area contributed by atoms with Gasteiger partial charge in [-0.15, -0.1) is 0 Å². The van der Waals surface area contributed by atoms with Crippen LogP contribution in [0.15, 0.2) is 54.7 Å². The lowest BCUT2D eigenvalue weighted by Crippen LogP contribution is -2.06. The van der Waals surface area contributed by atoms with E-state index >= 15 is 0 Å². The van der Waals surface area contributed by atoms with E-state index in [1.54, 1.807) is 6.92 Å². The molecule has 0 spiro atoms. The van der Waals surface area contributed by atoms with Gasteiger partial charge in [-0.05, 0) is 24.5 Å². The van der Waals surface area contributed by atoms with E-state index in [0.29, 0.717) is 17.2 Å². The molecule has 0 atom stereocenters. The Morgan fingerprint density at radius 3 is 2.65 bits per heavy atom. The Morgan fingerprint density at radius 2 is 1.91 bits per heavy atom. The van der Waals surface area contributed by atoms with Gasteiger partial charge in [0.05, 0.1) is 22.7 Å². The number of ether oxygens (including phenoxy) is 1.